The first-order valence-electron chi connectivity index (χ1n) is 10.5. The molecule has 33 heavy (non-hydrogen) atoms. The number of aromatic nitrogens is 3. The van der Waals surface area contributed by atoms with Crippen LogP contribution in [0.1, 0.15) is 18.1 Å². The number of carbonyl (C=O) groups is 1. The maximum absolute atomic E-state index is 14.8. The number of ether oxygens (including phenoxy) is 3. The summed E-state index contributed by atoms with van der Waals surface area (Å²) >= 11 is 1.46. The summed E-state index contributed by atoms with van der Waals surface area (Å²) in [5, 5.41) is 3.37. The maximum atomic E-state index is 14.8. The molecule has 0 saturated carbocycles. The molecule has 8 nitrogen and oxygen atoms in total. The molecule has 0 spiro atoms. The number of hydrogen-bond donors (Lipinski definition) is 1. The van der Waals surface area contributed by atoms with E-state index in [0.717, 1.165) is 26.4 Å². The molecule has 1 amide bonds. The van der Waals surface area contributed by atoms with Gasteiger partial charge in [0.1, 0.15) is 11.1 Å². The molecular weight excluding hydrogens is 447 g/mol. The number of amides is 1. The molecule has 1 unspecified atom stereocenters. The van der Waals surface area contributed by atoms with Crippen LogP contribution in [-0.4, -0.2) is 47.4 Å². The summed E-state index contributed by atoms with van der Waals surface area (Å²) < 4.78 is 31.6. The molecule has 10 heteroatoms. The fraction of sp³-hybridized carbons (Fsp3) is 0.304. The van der Waals surface area contributed by atoms with Gasteiger partial charge in [0.05, 0.1) is 47.7 Å². The molecule has 2 aromatic heterocycles. The van der Waals surface area contributed by atoms with Crippen LogP contribution in [0.15, 0.2) is 24.4 Å². The Balaban J connectivity index is 1.53. The number of nitrogens with one attached hydrogen (secondary N) is 1. The Morgan fingerprint density at radius 1 is 1.30 bits per heavy atom. The number of alkyl carbamates (subject to hydrolysis) is 1. The van der Waals surface area contributed by atoms with E-state index in [0.29, 0.717) is 28.9 Å². The van der Waals surface area contributed by atoms with Crippen LogP contribution < -0.4 is 14.8 Å². The largest absolute Gasteiger partial charge is 0.485 e. The molecule has 2 aromatic carbocycles. The van der Waals surface area contributed by atoms with Crippen molar-refractivity contribution in [3.63, 3.8) is 0 Å². The number of halogens is 1. The number of methoxy groups -OCH3 is 1. The number of rotatable bonds is 5. The van der Waals surface area contributed by atoms with E-state index in [4.69, 9.17) is 19.2 Å². The fourth-order valence-corrected chi connectivity index (χ4v) is 5.06. The zero-order valence-corrected chi connectivity index (χ0v) is 19.1. The lowest BCUT2D eigenvalue weighted by atomic mass is 10.1. The Morgan fingerprint density at radius 2 is 2.15 bits per heavy atom. The molecule has 1 N–H and O–H groups in total. The first-order valence-corrected chi connectivity index (χ1v) is 11.3. The van der Waals surface area contributed by atoms with Crippen molar-refractivity contribution in [3.05, 3.63) is 41.3 Å². The molecule has 1 aliphatic rings. The van der Waals surface area contributed by atoms with E-state index in [1.165, 1.54) is 17.4 Å². The first-order chi connectivity index (χ1) is 16.0. The van der Waals surface area contributed by atoms with Crippen molar-refractivity contribution < 1.29 is 23.4 Å². The van der Waals surface area contributed by atoms with Crippen molar-refractivity contribution in [1.82, 2.24) is 20.3 Å². The van der Waals surface area contributed by atoms with Crippen LogP contribution in [0.3, 0.4) is 0 Å². The highest BCUT2D eigenvalue weighted by atomic mass is 32.1. The number of carbonyl (C=O) groups excluding carboxylic acids is 1. The van der Waals surface area contributed by atoms with Gasteiger partial charge in [-0.3, -0.25) is 0 Å². The van der Waals surface area contributed by atoms with E-state index in [1.54, 1.807) is 20.2 Å². The molecule has 0 aliphatic carbocycles. The minimum atomic E-state index is -0.521. The molecular formula is C23H21FN4O4S. The van der Waals surface area contributed by atoms with Crippen molar-refractivity contribution in [1.29, 1.82) is 0 Å². The second-order valence-electron chi connectivity index (χ2n) is 7.67. The Kier molecular flexibility index (Phi) is 5.45. The van der Waals surface area contributed by atoms with Gasteiger partial charge in [-0.1, -0.05) is 0 Å². The van der Waals surface area contributed by atoms with Crippen LogP contribution in [0.4, 0.5) is 9.18 Å². The van der Waals surface area contributed by atoms with Crippen LogP contribution in [0.25, 0.3) is 31.8 Å². The first kappa shape index (κ1) is 21.3. The van der Waals surface area contributed by atoms with Gasteiger partial charge in [0, 0.05) is 23.6 Å². The Labute approximate surface area is 192 Å². The lowest BCUT2D eigenvalue weighted by Gasteiger charge is -2.11. The second-order valence-corrected chi connectivity index (χ2v) is 8.67. The Hall–Kier alpha value is -3.53. The highest BCUT2D eigenvalue weighted by Crippen LogP contribution is 2.43. The summed E-state index contributed by atoms with van der Waals surface area (Å²) in [6.45, 7) is 4.21. The van der Waals surface area contributed by atoms with Gasteiger partial charge in [-0.15, -0.1) is 11.3 Å². The molecule has 0 radical (unpaired) electrons. The fourth-order valence-electron chi connectivity index (χ4n) is 3.95. The van der Waals surface area contributed by atoms with Gasteiger partial charge in [0.2, 0.25) is 5.88 Å². The minimum absolute atomic E-state index is 0.215. The summed E-state index contributed by atoms with van der Waals surface area (Å²) in [4.78, 5) is 25.3. The molecule has 170 valence electrons. The van der Waals surface area contributed by atoms with Crippen LogP contribution >= 0.6 is 11.3 Å². The van der Waals surface area contributed by atoms with E-state index >= 15 is 0 Å². The van der Waals surface area contributed by atoms with Gasteiger partial charge < -0.3 is 19.5 Å². The Bertz CT molecular complexity index is 1390. The van der Waals surface area contributed by atoms with E-state index in [9.17, 15) is 9.18 Å². The van der Waals surface area contributed by atoms with Gasteiger partial charge in [0.25, 0.3) is 0 Å². The van der Waals surface area contributed by atoms with Gasteiger partial charge in [0.15, 0.2) is 11.6 Å². The third-order valence-corrected chi connectivity index (χ3v) is 6.52. The summed E-state index contributed by atoms with van der Waals surface area (Å²) in [5.41, 5.74) is 4.55. The maximum Gasteiger partial charge on any atom is 0.407 e. The number of nitrogens with zero attached hydrogens (tertiary/aromatic N) is 3. The number of thiazole rings is 1. The smallest absolute Gasteiger partial charge is 0.407 e. The topological polar surface area (TPSA) is 95.5 Å². The SMILES string of the molecule is CCOC(=O)NCC1Cc2c(c(F)cc3nc(-c4cc(C)cc5nc(OC)cnc45)sc23)O1. The lowest BCUT2D eigenvalue weighted by Crippen LogP contribution is -2.34. The highest BCUT2D eigenvalue weighted by Gasteiger charge is 2.30. The third-order valence-electron chi connectivity index (χ3n) is 5.36. The standard InChI is InChI=1S/C23H21FN4O4S/c1-4-31-23(29)26-9-12-7-14-20(32-12)15(24)8-17-21(14)33-22(28-17)13-5-11(2)6-16-19(13)25-10-18(27-16)30-3/h5-6,8,10,12H,4,7,9H2,1-3H3,(H,26,29). The molecule has 0 fully saturated rings. The lowest BCUT2D eigenvalue weighted by molar-refractivity contribution is 0.144. The molecule has 1 aliphatic heterocycles. The zero-order valence-electron chi connectivity index (χ0n) is 18.3. The monoisotopic (exact) mass is 468 g/mol. The second kappa shape index (κ2) is 8.43. The van der Waals surface area contributed by atoms with Crippen molar-refractivity contribution in [2.24, 2.45) is 0 Å². The molecule has 1 atom stereocenters. The summed E-state index contributed by atoms with van der Waals surface area (Å²) in [7, 11) is 1.55. The van der Waals surface area contributed by atoms with Crippen molar-refractivity contribution in [3.8, 4) is 22.2 Å². The van der Waals surface area contributed by atoms with E-state index in [-0.39, 0.29) is 25.0 Å². The number of aryl methyl sites for hydroxylation is 1. The van der Waals surface area contributed by atoms with E-state index in [2.05, 4.69) is 15.3 Å². The summed E-state index contributed by atoms with van der Waals surface area (Å²) in [6.07, 6.45) is 1.13. The third kappa shape index (κ3) is 3.91. The number of benzene rings is 2. The quantitative estimate of drug-likeness (QED) is 0.463. The zero-order chi connectivity index (χ0) is 23.1. The molecule has 4 aromatic rings. The van der Waals surface area contributed by atoms with Crippen LogP contribution in [0, 0.1) is 12.7 Å². The van der Waals surface area contributed by atoms with Gasteiger partial charge >= 0.3 is 6.09 Å². The number of fused-ring (bicyclic) bond motifs is 4. The van der Waals surface area contributed by atoms with Gasteiger partial charge in [-0.2, -0.15) is 0 Å². The summed E-state index contributed by atoms with van der Waals surface area (Å²) in [6, 6.07) is 5.33. The molecule has 0 saturated heterocycles. The van der Waals surface area contributed by atoms with Gasteiger partial charge in [-0.25, -0.2) is 24.1 Å². The highest BCUT2D eigenvalue weighted by molar-refractivity contribution is 7.22. The van der Waals surface area contributed by atoms with Crippen LogP contribution in [-0.2, 0) is 11.2 Å². The molecule has 3 heterocycles. The van der Waals surface area contributed by atoms with Crippen molar-refractivity contribution in [2.75, 3.05) is 20.3 Å². The average molecular weight is 469 g/mol. The molecule has 5 rings (SSSR count). The number of hydrogen-bond acceptors (Lipinski definition) is 8. The summed E-state index contributed by atoms with van der Waals surface area (Å²) in [5.74, 6) is 0.182. The van der Waals surface area contributed by atoms with Crippen LogP contribution in [0.5, 0.6) is 11.6 Å². The normalized spacial score (nSPS) is 14.8. The molecule has 0 bridgehead atoms. The average Bonchev–Trinajstić information content (AvgIpc) is 3.41. The van der Waals surface area contributed by atoms with Crippen molar-refractivity contribution in [2.45, 2.75) is 26.4 Å². The predicted octanol–water partition coefficient (Wildman–Crippen LogP) is 4.41. The minimum Gasteiger partial charge on any atom is -0.485 e. The van der Waals surface area contributed by atoms with Crippen LogP contribution in [0.2, 0.25) is 0 Å². The van der Waals surface area contributed by atoms with Gasteiger partial charge in [-0.05, 0) is 31.5 Å². The Morgan fingerprint density at radius 3 is 2.94 bits per heavy atom. The predicted molar refractivity (Wildman–Crippen MR) is 123 cm³/mol. The van der Waals surface area contributed by atoms with E-state index < -0.39 is 11.9 Å². The van der Waals surface area contributed by atoms with E-state index in [1.807, 2.05) is 19.1 Å². The van der Waals surface area contributed by atoms with Crippen molar-refractivity contribution >= 4 is 38.7 Å².